The quantitative estimate of drug-likeness (QED) is 0.808. The summed E-state index contributed by atoms with van der Waals surface area (Å²) in [5.74, 6) is 0. The largest absolute Gasteiger partial charge is 0.370 e. The summed E-state index contributed by atoms with van der Waals surface area (Å²) in [5.41, 5.74) is 3.26. The number of rotatable bonds is 3. The number of imidazole rings is 1. The molecule has 0 spiro atoms. The molecule has 0 atom stereocenters. The number of hydrogen-bond donors (Lipinski definition) is 1. The fourth-order valence-corrected chi connectivity index (χ4v) is 3.63. The second kappa shape index (κ2) is 5.65. The van der Waals surface area contributed by atoms with Gasteiger partial charge < -0.3 is 14.5 Å². The minimum atomic E-state index is 0.0155. The van der Waals surface area contributed by atoms with Crippen LogP contribution in [0.5, 0.6) is 0 Å². The van der Waals surface area contributed by atoms with Gasteiger partial charge in [-0.2, -0.15) is 0 Å². The van der Waals surface area contributed by atoms with E-state index < -0.39 is 0 Å². The molecule has 2 aromatic heterocycles. The predicted molar refractivity (Wildman–Crippen MR) is 93.1 cm³/mol. The third-order valence-corrected chi connectivity index (χ3v) is 4.92. The molecule has 1 saturated heterocycles. The molecular formula is C18H22N4O. The second-order valence-electron chi connectivity index (χ2n) is 6.24. The first-order valence-corrected chi connectivity index (χ1v) is 8.36. The highest BCUT2D eigenvalue weighted by Crippen LogP contribution is 2.28. The van der Waals surface area contributed by atoms with Gasteiger partial charge >= 0.3 is 5.69 Å². The van der Waals surface area contributed by atoms with Crippen molar-refractivity contribution in [2.45, 2.75) is 32.4 Å². The summed E-state index contributed by atoms with van der Waals surface area (Å²) >= 11 is 0. The predicted octanol–water partition coefficient (Wildman–Crippen LogP) is 2.99. The van der Waals surface area contributed by atoms with E-state index in [1.807, 2.05) is 28.8 Å². The van der Waals surface area contributed by atoms with Crippen molar-refractivity contribution in [1.29, 1.82) is 0 Å². The van der Waals surface area contributed by atoms with E-state index in [-0.39, 0.29) is 11.7 Å². The number of nitrogens with zero attached hydrogens (tertiary/aromatic N) is 3. The molecule has 1 aromatic carbocycles. The molecule has 0 aliphatic carbocycles. The number of aromatic amines is 1. The fourth-order valence-electron chi connectivity index (χ4n) is 3.63. The molecule has 1 N–H and O–H groups in total. The lowest BCUT2D eigenvalue weighted by atomic mass is 10.0. The van der Waals surface area contributed by atoms with Gasteiger partial charge in [0.15, 0.2) is 0 Å². The molecule has 5 nitrogen and oxygen atoms in total. The lowest BCUT2D eigenvalue weighted by Crippen LogP contribution is -2.36. The van der Waals surface area contributed by atoms with E-state index in [4.69, 9.17) is 0 Å². The molecule has 0 bridgehead atoms. The van der Waals surface area contributed by atoms with E-state index in [1.165, 1.54) is 5.69 Å². The van der Waals surface area contributed by atoms with E-state index in [2.05, 4.69) is 39.8 Å². The number of aryl methyl sites for hydroxylation is 1. The van der Waals surface area contributed by atoms with Crippen LogP contribution in [0.3, 0.4) is 0 Å². The molecule has 1 aliphatic heterocycles. The molecule has 0 amide bonds. The van der Waals surface area contributed by atoms with Crippen molar-refractivity contribution in [3.8, 4) is 0 Å². The Balaban J connectivity index is 1.55. The fraction of sp³-hybridized carbons (Fsp3) is 0.389. The summed E-state index contributed by atoms with van der Waals surface area (Å²) < 4.78 is 4.15. The van der Waals surface area contributed by atoms with Crippen LogP contribution in [0.15, 0.2) is 47.5 Å². The Morgan fingerprint density at radius 1 is 1.17 bits per heavy atom. The summed E-state index contributed by atoms with van der Waals surface area (Å²) in [6, 6.07) is 10.4. The number of H-pyrrole nitrogens is 1. The van der Waals surface area contributed by atoms with E-state index in [0.29, 0.717) is 0 Å². The van der Waals surface area contributed by atoms with Crippen LogP contribution in [0.25, 0.3) is 11.0 Å². The Labute approximate surface area is 135 Å². The Morgan fingerprint density at radius 2 is 1.96 bits per heavy atom. The lowest BCUT2D eigenvalue weighted by Gasteiger charge is -2.33. The van der Waals surface area contributed by atoms with Crippen molar-refractivity contribution >= 4 is 16.7 Å². The van der Waals surface area contributed by atoms with Gasteiger partial charge in [-0.25, -0.2) is 4.79 Å². The molecule has 1 fully saturated rings. The van der Waals surface area contributed by atoms with E-state index in [9.17, 15) is 4.79 Å². The molecule has 23 heavy (non-hydrogen) atoms. The van der Waals surface area contributed by atoms with E-state index >= 15 is 0 Å². The molecule has 3 heterocycles. The van der Waals surface area contributed by atoms with Gasteiger partial charge in [0.1, 0.15) is 0 Å². The average Bonchev–Trinajstić information content (AvgIpc) is 3.18. The van der Waals surface area contributed by atoms with Crippen molar-refractivity contribution in [2.24, 2.45) is 0 Å². The highest BCUT2D eigenvalue weighted by atomic mass is 16.1. The third kappa shape index (κ3) is 2.46. The highest BCUT2D eigenvalue weighted by molar-refractivity contribution is 5.75. The van der Waals surface area contributed by atoms with Crippen LogP contribution in [0.4, 0.5) is 5.69 Å². The molecule has 1 aliphatic rings. The summed E-state index contributed by atoms with van der Waals surface area (Å²) in [4.78, 5) is 17.7. The first kappa shape index (κ1) is 14.2. The molecule has 120 valence electrons. The van der Waals surface area contributed by atoms with Crippen molar-refractivity contribution in [3.63, 3.8) is 0 Å². The molecule has 0 unspecified atom stereocenters. The van der Waals surface area contributed by atoms with Gasteiger partial charge in [-0.3, -0.25) is 4.57 Å². The maximum absolute atomic E-state index is 12.3. The lowest BCUT2D eigenvalue weighted by molar-refractivity contribution is 0.396. The zero-order chi connectivity index (χ0) is 15.8. The zero-order valence-corrected chi connectivity index (χ0v) is 13.4. The number of aromatic nitrogens is 3. The number of nitrogens with one attached hydrogen (secondary N) is 1. The summed E-state index contributed by atoms with van der Waals surface area (Å²) in [7, 11) is 0. The van der Waals surface area contributed by atoms with E-state index in [0.717, 1.165) is 43.5 Å². The molecule has 0 saturated carbocycles. The normalized spacial score (nSPS) is 16.3. The first-order chi connectivity index (χ1) is 11.3. The third-order valence-electron chi connectivity index (χ3n) is 4.92. The second-order valence-corrected chi connectivity index (χ2v) is 6.24. The van der Waals surface area contributed by atoms with Crippen LogP contribution >= 0.6 is 0 Å². The van der Waals surface area contributed by atoms with Crippen LogP contribution in [-0.4, -0.2) is 27.2 Å². The molecule has 4 rings (SSSR count). The number of hydrogen-bond acceptors (Lipinski definition) is 2. The van der Waals surface area contributed by atoms with Crippen molar-refractivity contribution in [3.05, 3.63) is 53.2 Å². The maximum Gasteiger partial charge on any atom is 0.326 e. The Hall–Kier alpha value is -2.43. The minimum absolute atomic E-state index is 0.0155. The Kier molecular flexibility index (Phi) is 3.48. The van der Waals surface area contributed by atoms with Crippen molar-refractivity contribution < 1.29 is 0 Å². The topological polar surface area (TPSA) is 46.0 Å². The minimum Gasteiger partial charge on any atom is -0.370 e. The zero-order valence-electron chi connectivity index (χ0n) is 13.4. The van der Waals surface area contributed by atoms with Gasteiger partial charge in [-0.05, 0) is 38.0 Å². The van der Waals surface area contributed by atoms with Crippen LogP contribution in [0, 0.1) is 0 Å². The smallest absolute Gasteiger partial charge is 0.326 e. The van der Waals surface area contributed by atoms with Crippen LogP contribution in [0.1, 0.15) is 25.8 Å². The van der Waals surface area contributed by atoms with Gasteiger partial charge in [0.2, 0.25) is 0 Å². The molecule has 3 aromatic rings. The summed E-state index contributed by atoms with van der Waals surface area (Å²) in [6.07, 6.45) is 6.34. The van der Waals surface area contributed by atoms with Gasteiger partial charge in [0.25, 0.3) is 0 Å². The maximum atomic E-state index is 12.3. The van der Waals surface area contributed by atoms with Crippen LogP contribution in [0.2, 0.25) is 0 Å². The van der Waals surface area contributed by atoms with Crippen molar-refractivity contribution in [2.75, 3.05) is 18.0 Å². The number of para-hydroxylation sites is 2. The standard InChI is InChI=1S/C18H22N4O/c1-2-20-10-7-15(13-20)21-11-8-14(9-12-21)22-17-6-4-3-5-16(17)19-18(22)23/h3-7,10,13-14H,2,8-9,11-12H2,1H3,(H,19,23). The average molecular weight is 310 g/mol. The first-order valence-electron chi connectivity index (χ1n) is 8.36. The summed E-state index contributed by atoms with van der Waals surface area (Å²) in [6.45, 7) is 5.13. The van der Waals surface area contributed by atoms with Crippen LogP contribution < -0.4 is 10.6 Å². The van der Waals surface area contributed by atoms with E-state index in [1.54, 1.807) is 0 Å². The Bertz CT molecular complexity index is 864. The molecule has 5 heteroatoms. The van der Waals surface area contributed by atoms with Gasteiger partial charge in [-0.15, -0.1) is 0 Å². The summed E-state index contributed by atoms with van der Waals surface area (Å²) in [5, 5.41) is 0. The Morgan fingerprint density at radius 3 is 2.70 bits per heavy atom. The number of anilines is 1. The van der Waals surface area contributed by atoms with Gasteiger partial charge in [-0.1, -0.05) is 12.1 Å². The molecular weight excluding hydrogens is 288 g/mol. The van der Waals surface area contributed by atoms with Gasteiger partial charge in [0.05, 0.1) is 16.7 Å². The monoisotopic (exact) mass is 310 g/mol. The number of benzene rings is 1. The molecule has 0 radical (unpaired) electrons. The number of piperidine rings is 1. The SMILES string of the molecule is CCn1ccc(N2CCC(n3c(=O)[nH]c4ccccc43)CC2)c1. The van der Waals surface area contributed by atoms with Gasteiger partial charge in [0, 0.05) is 38.1 Å². The number of fused-ring (bicyclic) bond motifs is 1. The highest BCUT2D eigenvalue weighted by Gasteiger charge is 2.23. The van der Waals surface area contributed by atoms with Crippen LogP contribution in [-0.2, 0) is 6.54 Å². The van der Waals surface area contributed by atoms with Crippen molar-refractivity contribution in [1.82, 2.24) is 14.1 Å².